The van der Waals surface area contributed by atoms with Crippen LogP contribution >= 0.6 is 7.82 Å². The van der Waals surface area contributed by atoms with Crippen molar-refractivity contribution in [3.05, 3.63) is 0 Å². The maximum atomic E-state index is 13.0. The van der Waals surface area contributed by atoms with Gasteiger partial charge in [-0.2, -0.15) is 0 Å². The molecule has 0 amide bonds. The Balaban J connectivity index is 4.21. The van der Waals surface area contributed by atoms with Crippen LogP contribution in [0.4, 0.5) is 0 Å². The molecule has 164 valence electrons. The lowest BCUT2D eigenvalue weighted by Gasteiger charge is -2.22. The molecule has 0 bridgehead atoms. The minimum atomic E-state index is -3.44. The third-order valence-corrected chi connectivity index (χ3v) is 6.38. The second kappa shape index (κ2) is 19.4. The highest BCUT2D eigenvalue weighted by Crippen LogP contribution is 2.51. The molecule has 27 heavy (non-hydrogen) atoms. The molecule has 1 atom stereocenters. The lowest BCUT2D eigenvalue weighted by molar-refractivity contribution is 0.0781. The molecule has 0 aliphatic heterocycles. The normalized spacial score (nSPS) is 13.2. The summed E-state index contributed by atoms with van der Waals surface area (Å²) in [6, 6.07) is 0. The second-order valence-electron chi connectivity index (χ2n) is 7.71. The fourth-order valence-electron chi connectivity index (χ4n) is 2.99. The predicted octanol–water partition coefficient (Wildman–Crippen LogP) is 8.44. The summed E-state index contributed by atoms with van der Waals surface area (Å²) in [6.07, 6.45) is 17.1. The van der Waals surface area contributed by atoms with Gasteiger partial charge in [0.15, 0.2) is 0 Å². The molecule has 0 aliphatic rings. The van der Waals surface area contributed by atoms with Crippen molar-refractivity contribution in [2.45, 2.75) is 130 Å². The van der Waals surface area contributed by atoms with Gasteiger partial charge in [0, 0.05) is 0 Å². The van der Waals surface area contributed by atoms with Gasteiger partial charge >= 0.3 is 7.82 Å². The monoisotopic (exact) mass is 406 g/mol. The first-order valence-electron chi connectivity index (χ1n) is 11.7. The van der Waals surface area contributed by atoms with Crippen LogP contribution in [-0.2, 0) is 18.1 Å². The van der Waals surface area contributed by atoms with Crippen LogP contribution in [0.3, 0.4) is 0 Å². The summed E-state index contributed by atoms with van der Waals surface area (Å²) >= 11 is 0. The number of hydrogen-bond acceptors (Lipinski definition) is 4. The quantitative estimate of drug-likeness (QED) is 0.142. The van der Waals surface area contributed by atoms with E-state index in [1.165, 1.54) is 57.8 Å². The Morgan fingerprint density at radius 1 is 0.630 bits per heavy atom. The van der Waals surface area contributed by atoms with Crippen LogP contribution in [0.1, 0.15) is 124 Å². The topological polar surface area (TPSA) is 44.8 Å². The van der Waals surface area contributed by atoms with Crippen molar-refractivity contribution in [2.75, 3.05) is 13.2 Å². The first-order valence-corrected chi connectivity index (χ1v) is 13.1. The fraction of sp³-hybridized carbons (Fsp3) is 1.00. The first-order chi connectivity index (χ1) is 13.1. The van der Waals surface area contributed by atoms with Crippen LogP contribution in [0.25, 0.3) is 0 Å². The summed E-state index contributed by atoms with van der Waals surface area (Å²) in [5.74, 6) is 0. The van der Waals surface area contributed by atoms with Crippen molar-refractivity contribution in [2.24, 2.45) is 0 Å². The molecule has 4 nitrogen and oxygen atoms in total. The van der Waals surface area contributed by atoms with Gasteiger partial charge in [0.2, 0.25) is 0 Å². The van der Waals surface area contributed by atoms with E-state index in [0.29, 0.717) is 13.2 Å². The van der Waals surface area contributed by atoms with Crippen molar-refractivity contribution < 1.29 is 18.1 Å². The molecule has 0 spiro atoms. The van der Waals surface area contributed by atoms with Crippen molar-refractivity contribution in [1.82, 2.24) is 0 Å². The van der Waals surface area contributed by atoms with E-state index in [4.69, 9.17) is 13.6 Å². The molecular weight excluding hydrogens is 359 g/mol. The summed E-state index contributed by atoms with van der Waals surface area (Å²) < 4.78 is 30.0. The van der Waals surface area contributed by atoms with Gasteiger partial charge in [-0.25, -0.2) is 4.57 Å². The molecule has 0 saturated carbocycles. The Hall–Kier alpha value is 0.110. The minimum Gasteiger partial charge on any atom is -0.287 e. The molecule has 0 saturated heterocycles. The van der Waals surface area contributed by atoms with E-state index in [-0.39, 0.29) is 6.10 Å². The molecule has 5 heteroatoms. The van der Waals surface area contributed by atoms with Crippen molar-refractivity contribution in [1.29, 1.82) is 0 Å². The van der Waals surface area contributed by atoms with Gasteiger partial charge < -0.3 is 0 Å². The Kier molecular flexibility index (Phi) is 19.5. The van der Waals surface area contributed by atoms with Crippen LogP contribution < -0.4 is 0 Å². The molecule has 0 fully saturated rings. The summed E-state index contributed by atoms with van der Waals surface area (Å²) in [5, 5.41) is 0. The molecule has 0 aliphatic carbocycles. The summed E-state index contributed by atoms with van der Waals surface area (Å²) in [4.78, 5) is 0. The number of hydrogen-bond donors (Lipinski definition) is 0. The molecular formula is C22H47O4P. The van der Waals surface area contributed by atoms with Gasteiger partial charge in [-0.05, 0) is 26.2 Å². The zero-order chi connectivity index (χ0) is 20.2. The van der Waals surface area contributed by atoms with E-state index in [0.717, 1.165) is 38.5 Å². The highest BCUT2D eigenvalue weighted by Gasteiger charge is 2.29. The average molecular weight is 407 g/mol. The third kappa shape index (κ3) is 17.9. The van der Waals surface area contributed by atoms with E-state index in [9.17, 15) is 4.57 Å². The summed E-state index contributed by atoms with van der Waals surface area (Å²) in [6.45, 7) is 9.49. The molecule has 1 unspecified atom stereocenters. The van der Waals surface area contributed by atoms with Gasteiger partial charge in [-0.1, -0.05) is 97.8 Å². The van der Waals surface area contributed by atoms with Gasteiger partial charge in [0.1, 0.15) is 0 Å². The van der Waals surface area contributed by atoms with E-state index in [1.54, 1.807) is 0 Å². The largest absolute Gasteiger partial charge is 0.475 e. The standard InChI is InChI=1S/C22H47O4P/c1-5-8-11-14-15-16-19-22(4)26-27(23,24-20-17-12-9-6-2)25-21-18-13-10-7-3/h22H,5-21H2,1-4H3. The van der Waals surface area contributed by atoms with Crippen LogP contribution in [0.2, 0.25) is 0 Å². The maximum absolute atomic E-state index is 13.0. The Bertz CT molecular complexity index is 331. The fourth-order valence-corrected chi connectivity index (χ4v) is 4.44. The Morgan fingerprint density at radius 3 is 1.52 bits per heavy atom. The second-order valence-corrected chi connectivity index (χ2v) is 9.33. The van der Waals surface area contributed by atoms with E-state index in [1.807, 2.05) is 6.92 Å². The molecule has 0 aromatic carbocycles. The van der Waals surface area contributed by atoms with E-state index >= 15 is 0 Å². The van der Waals surface area contributed by atoms with E-state index in [2.05, 4.69) is 20.8 Å². The van der Waals surface area contributed by atoms with Gasteiger partial charge in [-0.15, -0.1) is 0 Å². The van der Waals surface area contributed by atoms with Crippen LogP contribution in [-0.4, -0.2) is 19.3 Å². The Morgan fingerprint density at radius 2 is 1.04 bits per heavy atom. The molecule has 0 N–H and O–H groups in total. The maximum Gasteiger partial charge on any atom is 0.475 e. The van der Waals surface area contributed by atoms with Gasteiger partial charge in [-0.3, -0.25) is 13.6 Å². The molecule has 0 aromatic heterocycles. The number of phosphoric ester groups is 1. The molecule has 0 rings (SSSR count). The first kappa shape index (κ1) is 27.1. The minimum absolute atomic E-state index is 0.0895. The van der Waals surface area contributed by atoms with Gasteiger partial charge in [0.25, 0.3) is 0 Å². The van der Waals surface area contributed by atoms with Crippen molar-refractivity contribution >= 4 is 7.82 Å². The predicted molar refractivity (Wildman–Crippen MR) is 116 cm³/mol. The molecule has 0 heterocycles. The number of unbranched alkanes of at least 4 members (excludes halogenated alkanes) is 11. The lowest BCUT2D eigenvalue weighted by atomic mass is 10.1. The van der Waals surface area contributed by atoms with Crippen molar-refractivity contribution in [3.8, 4) is 0 Å². The van der Waals surface area contributed by atoms with Gasteiger partial charge in [0.05, 0.1) is 19.3 Å². The number of phosphoric acid groups is 1. The summed E-state index contributed by atoms with van der Waals surface area (Å²) in [7, 11) is -3.44. The molecule has 0 aromatic rings. The lowest BCUT2D eigenvalue weighted by Crippen LogP contribution is -2.11. The van der Waals surface area contributed by atoms with E-state index < -0.39 is 7.82 Å². The zero-order valence-electron chi connectivity index (χ0n) is 18.7. The smallest absolute Gasteiger partial charge is 0.287 e. The number of rotatable bonds is 21. The average Bonchev–Trinajstić information content (AvgIpc) is 2.64. The summed E-state index contributed by atoms with van der Waals surface area (Å²) in [5.41, 5.74) is 0. The zero-order valence-corrected chi connectivity index (χ0v) is 19.6. The highest BCUT2D eigenvalue weighted by atomic mass is 31.2. The third-order valence-electron chi connectivity index (χ3n) is 4.77. The molecule has 0 radical (unpaired) electrons. The Labute approximate surface area is 169 Å². The van der Waals surface area contributed by atoms with Crippen LogP contribution in [0, 0.1) is 0 Å². The SMILES string of the molecule is CCCCCCCCC(C)OP(=O)(OCCCCCC)OCCCCCC. The van der Waals surface area contributed by atoms with Crippen molar-refractivity contribution in [3.63, 3.8) is 0 Å². The van der Waals surface area contributed by atoms with Crippen LogP contribution in [0.15, 0.2) is 0 Å². The van der Waals surface area contributed by atoms with Crippen LogP contribution in [0.5, 0.6) is 0 Å². The highest BCUT2D eigenvalue weighted by molar-refractivity contribution is 7.48.